The number of carbonyl (C=O) groups excluding carboxylic acids is 1. The van der Waals surface area contributed by atoms with Crippen LogP contribution < -0.4 is 0 Å². The van der Waals surface area contributed by atoms with Crippen molar-refractivity contribution in [1.82, 2.24) is 4.98 Å². The van der Waals surface area contributed by atoms with Crippen LogP contribution >= 0.6 is 0 Å². The Kier molecular flexibility index (Phi) is 3.32. The van der Waals surface area contributed by atoms with Crippen molar-refractivity contribution in [3.8, 4) is 0 Å². The van der Waals surface area contributed by atoms with Crippen LogP contribution in [0.3, 0.4) is 0 Å². The Morgan fingerprint density at radius 2 is 2.12 bits per heavy atom. The Morgan fingerprint density at radius 3 is 2.76 bits per heavy atom. The van der Waals surface area contributed by atoms with Crippen LogP contribution in [0, 0.1) is 6.92 Å². The van der Waals surface area contributed by atoms with Crippen molar-refractivity contribution >= 4 is 16.7 Å². The second-order valence-electron chi connectivity index (χ2n) is 4.66. The molecular formula is C15H19NO. The molecule has 0 spiro atoms. The zero-order chi connectivity index (χ0) is 12.4. The van der Waals surface area contributed by atoms with Crippen LogP contribution in [0.4, 0.5) is 0 Å². The van der Waals surface area contributed by atoms with Gasteiger partial charge < -0.3 is 9.78 Å². The lowest BCUT2D eigenvalue weighted by Crippen LogP contribution is -1.95. The van der Waals surface area contributed by atoms with Crippen molar-refractivity contribution in [2.24, 2.45) is 0 Å². The average molecular weight is 229 g/mol. The number of rotatable bonds is 4. The third-order valence-electron chi connectivity index (χ3n) is 3.32. The fourth-order valence-electron chi connectivity index (χ4n) is 2.27. The number of fused-ring (bicyclic) bond motifs is 1. The Labute approximate surface area is 102 Å². The van der Waals surface area contributed by atoms with Crippen LogP contribution in [-0.2, 0) is 17.6 Å². The molecule has 0 aliphatic carbocycles. The minimum absolute atomic E-state index is 0.255. The summed E-state index contributed by atoms with van der Waals surface area (Å²) in [7, 11) is 0. The predicted octanol–water partition coefficient (Wildman–Crippen LogP) is 3.56. The SMILES string of the molecule is CCc1ccc2[nH]c(C)c(CCC(C)=O)c2c1. The smallest absolute Gasteiger partial charge is 0.130 e. The first-order valence-corrected chi connectivity index (χ1v) is 6.21. The lowest BCUT2D eigenvalue weighted by atomic mass is 10.0. The molecule has 0 amide bonds. The monoisotopic (exact) mass is 229 g/mol. The van der Waals surface area contributed by atoms with Gasteiger partial charge in [-0.3, -0.25) is 0 Å². The third kappa shape index (κ3) is 2.41. The Bertz CT molecular complexity index is 551. The number of ketones is 1. The van der Waals surface area contributed by atoms with E-state index < -0.39 is 0 Å². The summed E-state index contributed by atoms with van der Waals surface area (Å²) in [6.45, 7) is 5.90. The van der Waals surface area contributed by atoms with E-state index in [1.54, 1.807) is 6.92 Å². The number of H-pyrrole nitrogens is 1. The van der Waals surface area contributed by atoms with Gasteiger partial charge in [0.25, 0.3) is 0 Å². The maximum atomic E-state index is 11.1. The molecule has 0 aliphatic rings. The molecule has 1 aromatic heterocycles. The third-order valence-corrected chi connectivity index (χ3v) is 3.32. The zero-order valence-corrected chi connectivity index (χ0v) is 10.8. The first-order chi connectivity index (χ1) is 8.11. The second kappa shape index (κ2) is 4.74. The molecule has 0 saturated heterocycles. The Balaban J connectivity index is 2.44. The van der Waals surface area contributed by atoms with Gasteiger partial charge in [0.15, 0.2) is 0 Å². The van der Waals surface area contributed by atoms with Crippen LogP contribution in [0.5, 0.6) is 0 Å². The van der Waals surface area contributed by atoms with Crippen molar-refractivity contribution in [2.75, 3.05) is 0 Å². The number of nitrogens with one attached hydrogen (secondary N) is 1. The van der Waals surface area contributed by atoms with Crippen LogP contribution in [0.25, 0.3) is 10.9 Å². The summed E-state index contributed by atoms with van der Waals surface area (Å²) in [4.78, 5) is 14.5. The van der Waals surface area contributed by atoms with Crippen molar-refractivity contribution in [3.05, 3.63) is 35.0 Å². The number of aryl methyl sites for hydroxylation is 3. The van der Waals surface area contributed by atoms with E-state index in [0.717, 1.165) is 12.8 Å². The molecule has 0 fully saturated rings. The first-order valence-electron chi connectivity index (χ1n) is 6.21. The Morgan fingerprint density at radius 1 is 1.35 bits per heavy atom. The molecule has 1 heterocycles. The van der Waals surface area contributed by atoms with Crippen molar-refractivity contribution in [3.63, 3.8) is 0 Å². The summed E-state index contributed by atoms with van der Waals surface area (Å²) in [5.41, 5.74) is 5.01. The van der Waals surface area contributed by atoms with E-state index >= 15 is 0 Å². The molecule has 2 rings (SSSR count). The first kappa shape index (κ1) is 11.9. The highest BCUT2D eigenvalue weighted by molar-refractivity contribution is 5.86. The fourth-order valence-corrected chi connectivity index (χ4v) is 2.27. The summed E-state index contributed by atoms with van der Waals surface area (Å²) >= 11 is 0. The largest absolute Gasteiger partial charge is 0.358 e. The molecular weight excluding hydrogens is 210 g/mol. The molecule has 17 heavy (non-hydrogen) atoms. The van der Waals surface area contributed by atoms with Crippen molar-refractivity contribution < 1.29 is 4.79 Å². The van der Waals surface area contributed by atoms with Gasteiger partial charge >= 0.3 is 0 Å². The molecule has 2 heteroatoms. The Hall–Kier alpha value is -1.57. The van der Waals surface area contributed by atoms with Gasteiger partial charge in [0.05, 0.1) is 0 Å². The van der Waals surface area contributed by atoms with Crippen LogP contribution in [0.2, 0.25) is 0 Å². The summed E-state index contributed by atoms with van der Waals surface area (Å²) < 4.78 is 0. The topological polar surface area (TPSA) is 32.9 Å². The number of carbonyl (C=O) groups is 1. The van der Waals surface area contributed by atoms with E-state index in [2.05, 4.69) is 37.0 Å². The summed E-state index contributed by atoms with van der Waals surface area (Å²) in [5.74, 6) is 0.255. The summed E-state index contributed by atoms with van der Waals surface area (Å²) in [5, 5.41) is 1.28. The van der Waals surface area contributed by atoms with Crippen LogP contribution in [0.15, 0.2) is 18.2 Å². The van der Waals surface area contributed by atoms with Crippen molar-refractivity contribution in [1.29, 1.82) is 0 Å². The van der Waals surface area contributed by atoms with E-state index in [1.165, 1.54) is 27.7 Å². The van der Waals surface area contributed by atoms with Crippen molar-refractivity contribution in [2.45, 2.75) is 40.0 Å². The standard InChI is InChI=1S/C15H19NO/c1-4-12-6-8-15-14(9-12)13(11(3)16-15)7-5-10(2)17/h6,8-9,16H,4-5,7H2,1-3H3. The average Bonchev–Trinajstić information content (AvgIpc) is 2.61. The number of Topliss-reactive ketones (excluding diaryl/α,β-unsaturated/α-hetero) is 1. The molecule has 0 bridgehead atoms. The lowest BCUT2D eigenvalue weighted by Gasteiger charge is -2.01. The second-order valence-corrected chi connectivity index (χ2v) is 4.66. The van der Waals surface area contributed by atoms with Crippen LogP contribution in [-0.4, -0.2) is 10.8 Å². The van der Waals surface area contributed by atoms with Gasteiger partial charge in [0, 0.05) is 23.0 Å². The molecule has 0 saturated carbocycles. The van der Waals surface area contributed by atoms with E-state index in [-0.39, 0.29) is 5.78 Å². The number of hydrogen-bond acceptors (Lipinski definition) is 1. The summed E-state index contributed by atoms with van der Waals surface area (Å²) in [6, 6.07) is 6.54. The number of aromatic amines is 1. The molecule has 0 aliphatic heterocycles. The highest BCUT2D eigenvalue weighted by Gasteiger charge is 2.09. The molecule has 1 N–H and O–H groups in total. The minimum atomic E-state index is 0.255. The molecule has 90 valence electrons. The number of benzene rings is 1. The van der Waals surface area contributed by atoms with E-state index in [1.807, 2.05) is 0 Å². The van der Waals surface area contributed by atoms with E-state index in [9.17, 15) is 4.79 Å². The van der Waals surface area contributed by atoms with Gasteiger partial charge in [0.2, 0.25) is 0 Å². The number of aromatic nitrogens is 1. The summed E-state index contributed by atoms with van der Waals surface area (Å²) in [6.07, 6.45) is 2.52. The maximum Gasteiger partial charge on any atom is 0.130 e. The molecule has 1 aromatic carbocycles. The van der Waals surface area contributed by atoms with Gasteiger partial charge in [0.1, 0.15) is 5.78 Å². The molecule has 2 nitrogen and oxygen atoms in total. The van der Waals surface area contributed by atoms with E-state index in [4.69, 9.17) is 0 Å². The van der Waals surface area contributed by atoms with E-state index in [0.29, 0.717) is 6.42 Å². The van der Waals surface area contributed by atoms with Gasteiger partial charge in [-0.05, 0) is 49.9 Å². The number of hydrogen-bond donors (Lipinski definition) is 1. The predicted molar refractivity (Wildman–Crippen MR) is 71.4 cm³/mol. The zero-order valence-electron chi connectivity index (χ0n) is 10.8. The molecule has 2 aromatic rings. The quantitative estimate of drug-likeness (QED) is 0.854. The molecule has 0 unspecified atom stereocenters. The normalized spacial score (nSPS) is 11.0. The molecule has 0 radical (unpaired) electrons. The fraction of sp³-hybridized carbons (Fsp3) is 0.400. The highest BCUT2D eigenvalue weighted by atomic mass is 16.1. The molecule has 0 atom stereocenters. The van der Waals surface area contributed by atoms with Gasteiger partial charge in [-0.25, -0.2) is 0 Å². The van der Waals surface area contributed by atoms with Gasteiger partial charge in [-0.1, -0.05) is 13.0 Å². The van der Waals surface area contributed by atoms with Gasteiger partial charge in [-0.2, -0.15) is 0 Å². The minimum Gasteiger partial charge on any atom is -0.358 e. The van der Waals surface area contributed by atoms with Gasteiger partial charge in [-0.15, -0.1) is 0 Å². The highest BCUT2D eigenvalue weighted by Crippen LogP contribution is 2.24. The van der Waals surface area contributed by atoms with Crippen LogP contribution in [0.1, 0.15) is 37.1 Å². The lowest BCUT2D eigenvalue weighted by molar-refractivity contribution is -0.116. The maximum absolute atomic E-state index is 11.1.